The third kappa shape index (κ3) is 3.01. The molecule has 1 atom stereocenters. The Balaban J connectivity index is 2.63. The Morgan fingerprint density at radius 1 is 1.43 bits per heavy atom. The number of aromatic nitrogens is 2. The van der Waals surface area contributed by atoms with Crippen LogP contribution in [0.5, 0.6) is 0 Å². The normalized spacial score (nSPS) is 13.1. The van der Waals surface area contributed by atoms with Crippen LogP contribution in [-0.2, 0) is 11.3 Å². The van der Waals surface area contributed by atoms with Gasteiger partial charge in [-0.3, -0.25) is 0 Å². The maximum Gasteiger partial charge on any atom is 0.143 e. The lowest BCUT2D eigenvalue weighted by Crippen LogP contribution is -2.19. The Morgan fingerprint density at radius 3 is 2.79 bits per heavy atom. The number of methoxy groups -OCH3 is 1. The molecule has 1 rings (SSSR count). The molecule has 0 aliphatic heterocycles. The van der Waals surface area contributed by atoms with E-state index in [2.05, 4.69) is 29.4 Å². The van der Waals surface area contributed by atoms with E-state index in [-0.39, 0.29) is 0 Å². The molecule has 80 valence electrons. The number of ether oxygens (including phenoxy) is 1. The monoisotopic (exact) mass is 215 g/mol. The summed E-state index contributed by atoms with van der Waals surface area (Å²) in [6.45, 7) is 5.75. The summed E-state index contributed by atoms with van der Waals surface area (Å²) in [6, 6.07) is 0.336. The highest BCUT2D eigenvalue weighted by atomic mass is 32.1. The van der Waals surface area contributed by atoms with Crippen molar-refractivity contribution >= 4 is 11.3 Å². The van der Waals surface area contributed by atoms with Crippen LogP contribution in [0, 0.1) is 0 Å². The van der Waals surface area contributed by atoms with Gasteiger partial charge in [0.2, 0.25) is 0 Å². The van der Waals surface area contributed by atoms with E-state index < -0.39 is 0 Å². The minimum atomic E-state index is 0.336. The topological polar surface area (TPSA) is 47.0 Å². The van der Waals surface area contributed by atoms with Crippen molar-refractivity contribution < 1.29 is 4.74 Å². The summed E-state index contributed by atoms with van der Waals surface area (Å²) in [5.41, 5.74) is 0. The van der Waals surface area contributed by atoms with Gasteiger partial charge >= 0.3 is 0 Å². The van der Waals surface area contributed by atoms with Gasteiger partial charge in [0.1, 0.15) is 10.0 Å². The molecule has 1 aromatic heterocycles. The molecule has 0 fully saturated rings. The number of hydrogen-bond acceptors (Lipinski definition) is 5. The molecule has 1 aromatic rings. The van der Waals surface area contributed by atoms with Crippen molar-refractivity contribution in [2.24, 2.45) is 0 Å². The number of nitrogens with zero attached hydrogens (tertiary/aromatic N) is 2. The highest BCUT2D eigenvalue weighted by molar-refractivity contribution is 7.11. The van der Waals surface area contributed by atoms with Gasteiger partial charge in [-0.05, 0) is 13.0 Å². The predicted molar refractivity (Wildman–Crippen MR) is 57.3 cm³/mol. The summed E-state index contributed by atoms with van der Waals surface area (Å²) in [5.74, 6) is 0. The van der Waals surface area contributed by atoms with E-state index in [1.807, 2.05) is 0 Å². The van der Waals surface area contributed by atoms with Gasteiger partial charge in [0.05, 0.1) is 12.6 Å². The van der Waals surface area contributed by atoms with Crippen molar-refractivity contribution in [1.82, 2.24) is 15.5 Å². The summed E-state index contributed by atoms with van der Waals surface area (Å²) < 4.78 is 5.00. The van der Waals surface area contributed by atoms with Gasteiger partial charge < -0.3 is 10.1 Å². The van der Waals surface area contributed by atoms with Crippen LogP contribution in [0.3, 0.4) is 0 Å². The van der Waals surface area contributed by atoms with Crippen molar-refractivity contribution in [3.63, 3.8) is 0 Å². The van der Waals surface area contributed by atoms with Gasteiger partial charge in [-0.15, -0.1) is 10.2 Å². The molecule has 1 unspecified atom stereocenters. The fourth-order valence-electron chi connectivity index (χ4n) is 1.24. The van der Waals surface area contributed by atoms with Crippen LogP contribution < -0.4 is 5.32 Å². The van der Waals surface area contributed by atoms with Crippen molar-refractivity contribution in [2.75, 3.05) is 13.7 Å². The summed E-state index contributed by atoms with van der Waals surface area (Å²) in [7, 11) is 1.67. The Morgan fingerprint density at radius 2 is 2.21 bits per heavy atom. The number of hydrogen-bond donors (Lipinski definition) is 1. The Hall–Kier alpha value is -0.520. The van der Waals surface area contributed by atoms with Crippen LogP contribution in [0.4, 0.5) is 0 Å². The maximum absolute atomic E-state index is 5.00. The van der Waals surface area contributed by atoms with E-state index in [0.717, 1.165) is 23.0 Å². The minimum Gasteiger partial charge on any atom is -0.377 e. The molecular formula is C9H17N3OS. The van der Waals surface area contributed by atoms with Gasteiger partial charge in [0, 0.05) is 7.11 Å². The third-order valence-electron chi connectivity index (χ3n) is 1.91. The SMILES string of the molecule is CCNC(CC)c1nnc(COC)s1. The molecule has 0 bridgehead atoms. The van der Waals surface area contributed by atoms with Crippen molar-refractivity contribution in [3.8, 4) is 0 Å². The Kier molecular flexibility index (Phi) is 5.00. The molecule has 0 amide bonds. The standard InChI is InChI=1S/C9H17N3OS/c1-4-7(10-5-2)9-12-11-8(14-9)6-13-3/h7,10H,4-6H2,1-3H3. The lowest BCUT2D eigenvalue weighted by Gasteiger charge is -2.10. The highest BCUT2D eigenvalue weighted by Crippen LogP contribution is 2.20. The highest BCUT2D eigenvalue weighted by Gasteiger charge is 2.13. The Bertz CT molecular complexity index is 264. The zero-order valence-corrected chi connectivity index (χ0v) is 9.73. The zero-order valence-electron chi connectivity index (χ0n) is 8.91. The van der Waals surface area contributed by atoms with Crippen LogP contribution in [0.15, 0.2) is 0 Å². The second-order valence-electron chi connectivity index (χ2n) is 2.99. The lowest BCUT2D eigenvalue weighted by molar-refractivity contribution is 0.184. The largest absolute Gasteiger partial charge is 0.377 e. The summed E-state index contributed by atoms with van der Waals surface area (Å²) in [4.78, 5) is 0. The van der Waals surface area contributed by atoms with E-state index >= 15 is 0 Å². The van der Waals surface area contributed by atoms with E-state index in [9.17, 15) is 0 Å². The third-order valence-corrected chi connectivity index (χ3v) is 2.92. The molecular weight excluding hydrogens is 198 g/mol. The van der Waals surface area contributed by atoms with Gasteiger partial charge in [-0.2, -0.15) is 0 Å². The Labute approximate surface area is 88.7 Å². The quantitative estimate of drug-likeness (QED) is 0.785. The smallest absolute Gasteiger partial charge is 0.143 e. The van der Waals surface area contributed by atoms with Gasteiger partial charge in [-0.1, -0.05) is 25.2 Å². The first-order valence-electron chi connectivity index (χ1n) is 4.86. The van der Waals surface area contributed by atoms with E-state index in [1.54, 1.807) is 18.4 Å². The molecule has 0 aliphatic carbocycles. The predicted octanol–water partition coefficient (Wildman–Crippen LogP) is 1.75. The molecule has 0 saturated heterocycles. The van der Waals surface area contributed by atoms with Gasteiger partial charge in [0.25, 0.3) is 0 Å². The average Bonchev–Trinajstić information content (AvgIpc) is 2.63. The van der Waals surface area contributed by atoms with Gasteiger partial charge in [0.15, 0.2) is 0 Å². The molecule has 4 nitrogen and oxygen atoms in total. The molecule has 1 heterocycles. The number of nitrogens with one attached hydrogen (secondary N) is 1. The first-order chi connectivity index (χ1) is 6.81. The van der Waals surface area contributed by atoms with E-state index in [1.165, 1.54) is 0 Å². The van der Waals surface area contributed by atoms with E-state index in [4.69, 9.17) is 4.74 Å². The number of rotatable bonds is 6. The van der Waals surface area contributed by atoms with Crippen LogP contribution in [0.25, 0.3) is 0 Å². The van der Waals surface area contributed by atoms with Crippen molar-refractivity contribution in [1.29, 1.82) is 0 Å². The molecule has 0 aliphatic rings. The van der Waals surface area contributed by atoms with E-state index in [0.29, 0.717) is 12.6 Å². The molecule has 0 radical (unpaired) electrons. The van der Waals surface area contributed by atoms with Crippen molar-refractivity contribution in [2.45, 2.75) is 32.9 Å². The summed E-state index contributed by atoms with van der Waals surface area (Å²) in [6.07, 6.45) is 1.04. The van der Waals surface area contributed by atoms with Crippen LogP contribution in [0.2, 0.25) is 0 Å². The molecule has 5 heteroatoms. The molecule has 0 spiro atoms. The first-order valence-corrected chi connectivity index (χ1v) is 5.68. The molecule has 14 heavy (non-hydrogen) atoms. The second-order valence-corrected chi connectivity index (χ2v) is 4.08. The molecule has 0 saturated carbocycles. The lowest BCUT2D eigenvalue weighted by atomic mass is 10.2. The zero-order chi connectivity index (χ0) is 10.4. The van der Waals surface area contributed by atoms with Crippen LogP contribution in [-0.4, -0.2) is 23.9 Å². The summed E-state index contributed by atoms with van der Waals surface area (Å²) in [5, 5.41) is 13.6. The maximum atomic E-state index is 5.00. The fourth-order valence-corrected chi connectivity index (χ4v) is 2.22. The average molecular weight is 215 g/mol. The van der Waals surface area contributed by atoms with Gasteiger partial charge in [-0.25, -0.2) is 0 Å². The fraction of sp³-hybridized carbons (Fsp3) is 0.778. The van der Waals surface area contributed by atoms with Crippen LogP contribution in [0.1, 0.15) is 36.3 Å². The molecule has 1 N–H and O–H groups in total. The van der Waals surface area contributed by atoms with Crippen molar-refractivity contribution in [3.05, 3.63) is 10.0 Å². The molecule has 0 aromatic carbocycles. The minimum absolute atomic E-state index is 0.336. The first kappa shape index (κ1) is 11.6. The summed E-state index contributed by atoms with van der Waals surface area (Å²) >= 11 is 1.62. The van der Waals surface area contributed by atoms with Crippen LogP contribution >= 0.6 is 11.3 Å². The second kappa shape index (κ2) is 6.06.